The molecule has 3 nitrogen and oxygen atoms in total. The largest absolute Gasteiger partial charge is 0.382 e. The Labute approximate surface area is 129 Å². The van der Waals surface area contributed by atoms with E-state index in [1.807, 2.05) is 13.1 Å². The number of nitrogens with one attached hydrogen (secondary N) is 1. The number of hydrogen-bond acceptors (Lipinski definition) is 2. The minimum absolute atomic E-state index is 0.0939. The van der Waals surface area contributed by atoms with Crippen molar-refractivity contribution < 1.29 is 4.79 Å². The van der Waals surface area contributed by atoms with Crippen molar-refractivity contribution in [2.75, 3.05) is 12.4 Å². The van der Waals surface area contributed by atoms with Crippen LogP contribution < -0.4 is 5.32 Å². The highest BCUT2D eigenvalue weighted by molar-refractivity contribution is 5.73. The van der Waals surface area contributed by atoms with Gasteiger partial charge in [-0.1, -0.05) is 45.4 Å². The molecule has 0 heterocycles. The zero-order valence-corrected chi connectivity index (χ0v) is 14.1. The molecule has 0 saturated carbocycles. The maximum Gasteiger partial charge on any atom is 0.219 e. The molecule has 0 aliphatic rings. The van der Waals surface area contributed by atoms with Gasteiger partial charge in [0.25, 0.3) is 0 Å². The average molecular weight is 290 g/mol. The van der Waals surface area contributed by atoms with Gasteiger partial charge in [0.2, 0.25) is 5.91 Å². The zero-order valence-electron chi connectivity index (χ0n) is 14.1. The Kier molecular flexibility index (Phi) is 7.27. The Morgan fingerprint density at radius 1 is 1.24 bits per heavy atom. The van der Waals surface area contributed by atoms with Crippen molar-refractivity contribution in [3.63, 3.8) is 0 Å². The van der Waals surface area contributed by atoms with Crippen LogP contribution in [-0.4, -0.2) is 23.9 Å². The van der Waals surface area contributed by atoms with Gasteiger partial charge in [0.1, 0.15) is 0 Å². The van der Waals surface area contributed by atoms with Gasteiger partial charge in [-0.15, -0.1) is 0 Å². The summed E-state index contributed by atoms with van der Waals surface area (Å²) in [6.45, 7) is 9.03. The first-order chi connectivity index (χ1) is 9.97. The van der Waals surface area contributed by atoms with Gasteiger partial charge in [0.15, 0.2) is 0 Å². The molecule has 1 aromatic carbocycles. The lowest BCUT2D eigenvalue weighted by molar-refractivity contribution is -0.128. The molecule has 0 fully saturated rings. The van der Waals surface area contributed by atoms with E-state index < -0.39 is 0 Å². The normalized spacial score (nSPS) is 13.6. The van der Waals surface area contributed by atoms with Crippen LogP contribution in [0, 0.1) is 5.92 Å². The number of para-hydroxylation sites is 1. The number of nitrogens with zero attached hydrogens (tertiary/aromatic N) is 1. The molecule has 0 aromatic heterocycles. The molecule has 21 heavy (non-hydrogen) atoms. The van der Waals surface area contributed by atoms with Gasteiger partial charge in [0.05, 0.1) is 0 Å². The second-order valence-electron chi connectivity index (χ2n) is 6.03. The number of carbonyl (C=O) groups excluding carboxylic acids is 1. The predicted molar refractivity (Wildman–Crippen MR) is 90.4 cm³/mol. The van der Waals surface area contributed by atoms with Crippen molar-refractivity contribution in [1.82, 2.24) is 4.90 Å². The molecule has 0 aliphatic carbocycles. The van der Waals surface area contributed by atoms with Crippen LogP contribution in [0.25, 0.3) is 0 Å². The summed E-state index contributed by atoms with van der Waals surface area (Å²) < 4.78 is 0. The van der Waals surface area contributed by atoms with Crippen molar-refractivity contribution in [2.45, 2.75) is 59.5 Å². The fraction of sp³-hybridized carbons (Fsp3) is 0.611. The third-order valence-electron chi connectivity index (χ3n) is 4.20. The number of hydrogen-bond donors (Lipinski definition) is 1. The maximum atomic E-state index is 11.4. The van der Waals surface area contributed by atoms with Crippen LogP contribution >= 0.6 is 0 Å². The quantitative estimate of drug-likeness (QED) is 0.774. The Balaban J connectivity index is 2.79. The van der Waals surface area contributed by atoms with Crippen LogP contribution in [0.15, 0.2) is 24.3 Å². The molecule has 2 atom stereocenters. The van der Waals surface area contributed by atoms with Crippen molar-refractivity contribution in [3.05, 3.63) is 29.8 Å². The standard InChI is InChI=1S/C18H30N2O/c1-6-14(3)12-17(7-2)19-18-11-9-8-10-16(18)13-20(5)15(4)21/h8-11,14,17,19H,6-7,12-13H2,1-5H3. The number of rotatable bonds is 8. The number of amides is 1. The van der Waals surface area contributed by atoms with Gasteiger partial charge < -0.3 is 10.2 Å². The summed E-state index contributed by atoms with van der Waals surface area (Å²) in [7, 11) is 1.84. The van der Waals surface area contributed by atoms with Crippen LogP contribution in [0.1, 0.15) is 52.5 Å². The van der Waals surface area contributed by atoms with E-state index in [0.717, 1.165) is 18.0 Å². The summed E-state index contributed by atoms with van der Waals surface area (Å²) in [6.07, 6.45) is 3.51. The lowest BCUT2D eigenvalue weighted by Gasteiger charge is -2.24. The number of anilines is 1. The number of carbonyl (C=O) groups is 1. The molecule has 118 valence electrons. The van der Waals surface area contributed by atoms with E-state index >= 15 is 0 Å². The topological polar surface area (TPSA) is 32.3 Å². The molecule has 0 aliphatic heterocycles. The number of benzene rings is 1. The SMILES string of the molecule is CCC(C)CC(CC)Nc1ccccc1CN(C)C(C)=O. The van der Waals surface area contributed by atoms with E-state index in [1.165, 1.54) is 18.4 Å². The average Bonchev–Trinajstić information content (AvgIpc) is 2.47. The molecular formula is C18H30N2O. The van der Waals surface area contributed by atoms with Crippen LogP contribution in [0.5, 0.6) is 0 Å². The molecule has 0 saturated heterocycles. The van der Waals surface area contributed by atoms with Gasteiger partial charge in [-0.05, 0) is 30.4 Å². The van der Waals surface area contributed by atoms with Gasteiger partial charge >= 0.3 is 0 Å². The predicted octanol–water partition coefficient (Wildman–Crippen LogP) is 4.29. The summed E-state index contributed by atoms with van der Waals surface area (Å²) in [4.78, 5) is 13.2. The first-order valence-electron chi connectivity index (χ1n) is 8.04. The van der Waals surface area contributed by atoms with Crippen molar-refractivity contribution in [3.8, 4) is 0 Å². The van der Waals surface area contributed by atoms with Crippen LogP contribution in [-0.2, 0) is 11.3 Å². The third-order valence-corrected chi connectivity index (χ3v) is 4.20. The second-order valence-corrected chi connectivity index (χ2v) is 6.03. The van der Waals surface area contributed by atoms with Gasteiger partial charge in [-0.3, -0.25) is 4.79 Å². The maximum absolute atomic E-state index is 11.4. The highest BCUT2D eigenvalue weighted by Gasteiger charge is 2.13. The van der Waals surface area contributed by atoms with Crippen LogP contribution in [0.3, 0.4) is 0 Å². The molecule has 2 unspecified atom stereocenters. The summed E-state index contributed by atoms with van der Waals surface area (Å²) >= 11 is 0. The minimum atomic E-state index is 0.0939. The van der Waals surface area contributed by atoms with Gasteiger partial charge in [-0.25, -0.2) is 0 Å². The fourth-order valence-electron chi connectivity index (χ4n) is 2.37. The summed E-state index contributed by atoms with van der Waals surface area (Å²) in [5.41, 5.74) is 2.33. The molecule has 1 amide bonds. The van der Waals surface area contributed by atoms with E-state index in [2.05, 4.69) is 44.3 Å². The molecule has 1 aromatic rings. The lowest BCUT2D eigenvalue weighted by atomic mass is 9.97. The van der Waals surface area contributed by atoms with E-state index in [-0.39, 0.29) is 5.91 Å². The van der Waals surface area contributed by atoms with E-state index in [1.54, 1.807) is 11.8 Å². The molecule has 0 spiro atoms. The van der Waals surface area contributed by atoms with Crippen molar-refractivity contribution in [2.24, 2.45) is 5.92 Å². The van der Waals surface area contributed by atoms with Crippen molar-refractivity contribution in [1.29, 1.82) is 0 Å². The Morgan fingerprint density at radius 3 is 2.48 bits per heavy atom. The fourth-order valence-corrected chi connectivity index (χ4v) is 2.37. The zero-order chi connectivity index (χ0) is 15.8. The highest BCUT2D eigenvalue weighted by Crippen LogP contribution is 2.21. The van der Waals surface area contributed by atoms with Crippen molar-refractivity contribution >= 4 is 11.6 Å². The molecule has 0 bridgehead atoms. The minimum Gasteiger partial charge on any atom is -0.382 e. The smallest absolute Gasteiger partial charge is 0.219 e. The van der Waals surface area contributed by atoms with Gasteiger partial charge in [0, 0.05) is 32.2 Å². The second kappa shape index (κ2) is 8.71. The summed E-state index contributed by atoms with van der Waals surface area (Å²) in [6, 6.07) is 8.78. The molecule has 1 rings (SSSR count). The van der Waals surface area contributed by atoms with E-state index in [9.17, 15) is 4.79 Å². The lowest BCUT2D eigenvalue weighted by Crippen LogP contribution is -2.25. The Morgan fingerprint density at radius 2 is 1.90 bits per heavy atom. The summed E-state index contributed by atoms with van der Waals surface area (Å²) in [5.74, 6) is 0.825. The monoisotopic (exact) mass is 290 g/mol. The van der Waals surface area contributed by atoms with Crippen LogP contribution in [0.4, 0.5) is 5.69 Å². The molecular weight excluding hydrogens is 260 g/mol. The first-order valence-corrected chi connectivity index (χ1v) is 8.04. The Bertz CT molecular complexity index is 445. The third kappa shape index (κ3) is 5.78. The highest BCUT2D eigenvalue weighted by atomic mass is 16.2. The van der Waals surface area contributed by atoms with Crippen LogP contribution in [0.2, 0.25) is 0 Å². The van der Waals surface area contributed by atoms with Gasteiger partial charge in [-0.2, -0.15) is 0 Å². The first kappa shape index (κ1) is 17.5. The molecule has 1 N–H and O–H groups in total. The summed E-state index contributed by atoms with van der Waals surface area (Å²) in [5, 5.41) is 3.67. The van der Waals surface area contributed by atoms with E-state index in [0.29, 0.717) is 12.6 Å². The van der Waals surface area contributed by atoms with E-state index in [4.69, 9.17) is 0 Å². The molecule has 0 radical (unpaired) electrons. The molecule has 3 heteroatoms. The Hall–Kier alpha value is -1.51.